The molecule has 3 aromatic rings. The van der Waals surface area contributed by atoms with Gasteiger partial charge in [-0.15, -0.1) is 0 Å². The standard InChI is InChI=1S/C17H16N4O2/c1-10-15(12-7-8-19-14(9-12)17(18)22)16(21-20-10)11-3-5-13(23-2)6-4-11/h3-9H,1-2H3,(H2,18,22)(H,20,21). The van der Waals surface area contributed by atoms with Gasteiger partial charge < -0.3 is 10.5 Å². The second kappa shape index (κ2) is 5.92. The largest absolute Gasteiger partial charge is 0.497 e. The molecule has 3 rings (SSSR count). The Labute approximate surface area is 133 Å². The molecule has 23 heavy (non-hydrogen) atoms. The van der Waals surface area contributed by atoms with E-state index in [1.165, 1.54) is 0 Å². The summed E-state index contributed by atoms with van der Waals surface area (Å²) in [6.45, 7) is 1.93. The summed E-state index contributed by atoms with van der Waals surface area (Å²) in [5, 5.41) is 7.38. The first-order valence-electron chi connectivity index (χ1n) is 7.05. The smallest absolute Gasteiger partial charge is 0.267 e. The van der Waals surface area contributed by atoms with Gasteiger partial charge in [0, 0.05) is 23.0 Å². The molecule has 2 heterocycles. The third-order valence-electron chi connectivity index (χ3n) is 3.61. The molecular formula is C17H16N4O2. The summed E-state index contributed by atoms with van der Waals surface area (Å²) in [6.07, 6.45) is 1.57. The zero-order chi connectivity index (χ0) is 16.4. The van der Waals surface area contributed by atoms with Gasteiger partial charge in [-0.25, -0.2) is 0 Å². The second-order valence-corrected chi connectivity index (χ2v) is 5.09. The molecule has 0 aliphatic heterocycles. The lowest BCUT2D eigenvalue weighted by Gasteiger charge is -2.06. The minimum atomic E-state index is -0.556. The number of H-pyrrole nitrogens is 1. The molecule has 116 valence electrons. The zero-order valence-corrected chi connectivity index (χ0v) is 12.8. The minimum Gasteiger partial charge on any atom is -0.497 e. The molecule has 0 bridgehead atoms. The Morgan fingerprint density at radius 3 is 2.57 bits per heavy atom. The molecule has 6 nitrogen and oxygen atoms in total. The Morgan fingerprint density at radius 1 is 1.17 bits per heavy atom. The van der Waals surface area contributed by atoms with E-state index >= 15 is 0 Å². The number of nitrogens with one attached hydrogen (secondary N) is 1. The van der Waals surface area contributed by atoms with E-state index in [2.05, 4.69) is 15.2 Å². The number of methoxy groups -OCH3 is 1. The number of benzene rings is 1. The first kappa shape index (κ1) is 14.8. The van der Waals surface area contributed by atoms with Gasteiger partial charge in [0.15, 0.2) is 0 Å². The summed E-state index contributed by atoms with van der Waals surface area (Å²) < 4.78 is 5.18. The van der Waals surface area contributed by atoms with Crippen molar-refractivity contribution >= 4 is 5.91 Å². The summed E-state index contributed by atoms with van der Waals surface area (Å²) >= 11 is 0. The van der Waals surface area contributed by atoms with Gasteiger partial charge in [-0.05, 0) is 48.9 Å². The molecule has 0 aliphatic carbocycles. The van der Waals surface area contributed by atoms with Crippen molar-refractivity contribution in [3.8, 4) is 28.1 Å². The van der Waals surface area contributed by atoms with Crippen LogP contribution in [0.2, 0.25) is 0 Å². The number of rotatable bonds is 4. The highest BCUT2D eigenvalue weighted by molar-refractivity contribution is 5.93. The van der Waals surface area contributed by atoms with Crippen molar-refractivity contribution in [3.05, 3.63) is 54.0 Å². The first-order chi connectivity index (χ1) is 11.1. The van der Waals surface area contributed by atoms with Crippen molar-refractivity contribution in [1.29, 1.82) is 0 Å². The first-order valence-corrected chi connectivity index (χ1v) is 7.05. The maximum Gasteiger partial charge on any atom is 0.267 e. The monoisotopic (exact) mass is 308 g/mol. The average molecular weight is 308 g/mol. The number of aromatic nitrogens is 3. The second-order valence-electron chi connectivity index (χ2n) is 5.09. The fraction of sp³-hybridized carbons (Fsp3) is 0.118. The summed E-state index contributed by atoms with van der Waals surface area (Å²) in [5.41, 5.74) is 9.94. The number of hydrogen-bond acceptors (Lipinski definition) is 4. The van der Waals surface area contributed by atoms with Crippen LogP contribution in [-0.2, 0) is 0 Å². The number of pyridine rings is 1. The molecule has 1 amide bonds. The third-order valence-corrected chi connectivity index (χ3v) is 3.61. The summed E-state index contributed by atoms with van der Waals surface area (Å²) in [4.78, 5) is 15.3. The Hall–Kier alpha value is -3.15. The molecule has 0 spiro atoms. The van der Waals surface area contributed by atoms with Crippen LogP contribution in [0.25, 0.3) is 22.4 Å². The minimum absolute atomic E-state index is 0.226. The predicted octanol–water partition coefficient (Wildman–Crippen LogP) is 2.55. The quantitative estimate of drug-likeness (QED) is 0.774. The van der Waals surface area contributed by atoms with Crippen LogP contribution in [0.1, 0.15) is 16.2 Å². The third kappa shape index (κ3) is 2.78. The van der Waals surface area contributed by atoms with Crippen LogP contribution in [0.3, 0.4) is 0 Å². The van der Waals surface area contributed by atoms with E-state index in [1.54, 1.807) is 19.4 Å². The van der Waals surface area contributed by atoms with Gasteiger partial charge in [0.25, 0.3) is 5.91 Å². The van der Waals surface area contributed by atoms with Crippen LogP contribution in [0.5, 0.6) is 5.75 Å². The van der Waals surface area contributed by atoms with Crippen molar-refractivity contribution in [2.75, 3.05) is 7.11 Å². The molecule has 0 fully saturated rings. The van der Waals surface area contributed by atoms with Crippen LogP contribution in [0, 0.1) is 6.92 Å². The SMILES string of the molecule is COc1ccc(-c2n[nH]c(C)c2-c2ccnc(C(N)=O)c2)cc1. The fourth-order valence-electron chi connectivity index (χ4n) is 2.46. The van der Waals surface area contributed by atoms with Crippen molar-refractivity contribution in [1.82, 2.24) is 15.2 Å². The Morgan fingerprint density at radius 2 is 1.91 bits per heavy atom. The highest BCUT2D eigenvalue weighted by Crippen LogP contribution is 2.33. The Bertz CT molecular complexity index is 853. The average Bonchev–Trinajstić information content (AvgIpc) is 2.96. The Balaban J connectivity index is 2.11. The van der Waals surface area contributed by atoms with E-state index in [0.29, 0.717) is 0 Å². The van der Waals surface area contributed by atoms with Gasteiger partial charge in [-0.1, -0.05) is 0 Å². The Kier molecular flexibility index (Phi) is 3.80. The maximum atomic E-state index is 11.4. The molecule has 2 aromatic heterocycles. The van der Waals surface area contributed by atoms with Gasteiger partial charge in [0.1, 0.15) is 17.1 Å². The molecule has 0 aliphatic rings. The summed E-state index contributed by atoms with van der Waals surface area (Å²) in [7, 11) is 1.63. The summed E-state index contributed by atoms with van der Waals surface area (Å²) in [5.74, 6) is 0.224. The molecular weight excluding hydrogens is 292 g/mol. The molecule has 0 unspecified atom stereocenters. The number of nitrogens with two attached hydrogens (primary N) is 1. The van der Waals surface area contributed by atoms with E-state index < -0.39 is 5.91 Å². The molecule has 0 radical (unpaired) electrons. The van der Waals surface area contributed by atoms with E-state index in [9.17, 15) is 4.79 Å². The van der Waals surface area contributed by atoms with Crippen LogP contribution in [0.15, 0.2) is 42.6 Å². The van der Waals surface area contributed by atoms with Gasteiger partial charge in [-0.2, -0.15) is 5.10 Å². The molecule has 1 aromatic carbocycles. The van der Waals surface area contributed by atoms with Gasteiger partial charge in [0.05, 0.1) is 7.11 Å². The number of carbonyl (C=O) groups excluding carboxylic acids is 1. The number of aryl methyl sites for hydroxylation is 1. The van der Waals surface area contributed by atoms with Crippen LogP contribution < -0.4 is 10.5 Å². The number of aromatic amines is 1. The highest BCUT2D eigenvalue weighted by atomic mass is 16.5. The van der Waals surface area contributed by atoms with Crippen molar-refractivity contribution in [3.63, 3.8) is 0 Å². The molecule has 3 N–H and O–H groups in total. The van der Waals surface area contributed by atoms with Crippen LogP contribution >= 0.6 is 0 Å². The van der Waals surface area contributed by atoms with Crippen molar-refractivity contribution in [2.45, 2.75) is 6.92 Å². The molecule has 0 saturated carbocycles. The number of primary amides is 1. The lowest BCUT2D eigenvalue weighted by atomic mass is 9.99. The van der Waals surface area contributed by atoms with Crippen molar-refractivity contribution in [2.24, 2.45) is 5.73 Å². The lowest BCUT2D eigenvalue weighted by Crippen LogP contribution is -2.12. The van der Waals surface area contributed by atoms with Gasteiger partial charge in [0.2, 0.25) is 0 Å². The zero-order valence-electron chi connectivity index (χ0n) is 12.8. The van der Waals surface area contributed by atoms with E-state index in [1.807, 2.05) is 37.3 Å². The number of nitrogens with zero attached hydrogens (tertiary/aromatic N) is 2. The topological polar surface area (TPSA) is 93.9 Å². The predicted molar refractivity (Wildman–Crippen MR) is 87.1 cm³/mol. The lowest BCUT2D eigenvalue weighted by molar-refractivity contribution is 0.0995. The highest BCUT2D eigenvalue weighted by Gasteiger charge is 2.16. The van der Waals surface area contributed by atoms with E-state index in [0.717, 1.165) is 33.8 Å². The van der Waals surface area contributed by atoms with E-state index in [4.69, 9.17) is 10.5 Å². The van der Waals surface area contributed by atoms with Gasteiger partial charge in [-0.3, -0.25) is 14.9 Å². The van der Waals surface area contributed by atoms with Gasteiger partial charge >= 0.3 is 0 Å². The number of ether oxygens (including phenoxy) is 1. The van der Waals surface area contributed by atoms with E-state index in [-0.39, 0.29) is 5.69 Å². The number of carbonyl (C=O) groups is 1. The van der Waals surface area contributed by atoms with Crippen molar-refractivity contribution < 1.29 is 9.53 Å². The maximum absolute atomic E-state index is 11.4. The fourth-order valence-corrected chi connectivity index (χ4v) is 2.46. The molecule has 0 atom stereocenters. The van der Waals surface area contributed by atoms with Crippen LogP contribution in [-0.4, -0.2) is 28.2 Å². The number of amides is 1. The summed E-state index contributed by atoms with van der Waals surface area (Å²) in [6, 6.07) is 11.1. The molecule has 6 heteroatoms. The van der Waals surface area contributed by atoms with Crippen LogP contribution in [0.4, 0.5) is 0 Å². The molecule has 0 saturated heterocycles. The number of hydrogen-bond donors (Lipinski definition) is 2. The normalized spacial score (nSPS) is 10.5.